The summed E-state index contributed by atoms with van der Waals surface area (Å²) in [6.07, 6.45) is 1.23. The lowest BCUT2D eigenvalue weighted by molar-refractivity contribution is 0.603. The van der Waals surface area contributed by atoms with E-state index in [2.05, 4.69) is 15.9 Å². The second kappa shape index (κ2) is 3.25. The van der Waals surface area contributed by atoms with Gasteiger partial charge in [0.05, 0.1) is 0 Å². The Hall–Kier alpha value is 0.130. The summed E-state index contributed by atoms with van der Waals surface area (Å²) in [5, 5.41) is 2.38. The molecule has 0 bridgehead atoms. The molecule has 5 heteroatoms. The van der Waals surface area contributed by atoms with Gasteiger partial charge in [0.25, 0.3) is 0 Å². The van der Waals surface area contributed by atoms with Crippen LogP contribution in [-0.4, -0.2) is 14.7 Å². The zero-order valence-electron chi connectivity index (χ0n) is 5.87. The van der Waals surface area contributed by atoms with Crippen molar-refractivity contribution in [1.29, 1.82) is 0 Å². The summed E-state index contributed by atoms with van der Waals surface area (Å²) in [5.74, 6) is 0. The molecule has 2 nitrogen and oxygen atoms in total. The van der Waals surface area contributed by atoms with Crippen LogP contribution in [0.5, 0.6) is 0 Å². The number of hydrogen-bond acceptors (Lipinski definition) is 3. The Morgan fingerprint density at radius 3 is 2.64 bits per heavy atom. The smallest absolute Gasteiger partial charge is 0.185 e. The Morgan fingerprint density at radius 2 is 2.27 bits per heavy atom. The molecule has 1 rings (SSSR count). The van der Waals surface area contributed by atoms with Gasteiger partial charge in [-0.2, -0.15) is 0 Å². The molecule has 0 N–H and O–H groups in total. The van der Waals surface area contributed by atoms with Gasteiger partial charge in [-0.25, -0.2) is 8.42 Å². The Morgan fingerprint density at radius 1 is 1.64 bits per heavy atom. The fourth-order valence-corrected chi connectivity index (χ4v) is 3.71. The average molecular weight is 255 g/mol. The van der Waals surface area contributed by atoms with Crippen LogP contribution in [0, 0.1) is 0 Å². The summed E-state index contributed by atoms with van der Waals surface area (Å²) in [5.41, 5.74) is 0.845. The summed E-state index contributed by atoms with van der Waals surface area (Å²) in [4.78, 5) is 0. The predicted molar refractivity (Wildman–Crippen MR) is 50.1 cm³/mol. The number of rotatable bonds is 2. The van der Waals surface area contributed by atoms with Crippen molar-refractivity contribution in [3.63, 3.8) is 0 Å². The van der Waals surface area contributed by atoms with Crippen molar-refractivity contribution in [3.8, 4) is 0 Å². The first-order valence-corrected chi connectivity index (χ1v) is 6.77. The fourth-order valence-electron chi connectivity index (χ4n) is 0.746. The van der Waals surface area contributed by atoms with E-state index in [-0.39, 0.29) is 0 Å². The van der Waals surface area contributed by atoms with Crippen molar-refractivity contribution < 1.29 is 8.42 Å². The van der Waals surface area contributed by atoms with Crippen molar-refractivity contribution in [3.05, 3.63) is 17.0 Å². The molecule has 1 aromatic heterocycles. The monoisotopic (exact) mass is 254 g/mol. The molecule has 0 radical (unpaired) electrons. The standard InChI is InChI=1S/C6H7BrO2S2/c1-11(8,9)6-5(4-7)2-3-10-6/h2-3H,4H2,1H3. The van der Waals surface area contributed by atoms with Crippen molar-refractivity contribution in [2.45, 2.75) is 9.54 Å². The Bertz CT molecular complexity index is 339. The van der Waals surface area contributed by atoms with E-state index in [4.69, 9.17) is 0 Å². The number of thiophene rings is 1. The minimum absolute atomic E-state index is 0.467. The van der Waals surface area contributed by atoms with Crippen LogP contribution in [0.25, 0.3) is 0 Å². The van der Waals surface area contributed by atoms with E-state index >= 15 is 0 Å². The lowest BCUT2D eigenvalue weighted by Gasteiger charge is -1.95. The molecule has 0 saturated heterocycles. The van der Waals surface area contributed by atoms with Crippen LogP contribution in [-0.2, 0) is 15.2 Å². The van der Waals surface area contributed by atoms with Crippen LogP contribution in [0.4, 0.5) is 0 Å². The van der Waals surface area contributed by atoms with Gasteiger partial charge in [0, 0.05) is 11.6 Å². The average Bonchev–Trinajstić information content (AvgIpc) is 2.31. The topological polar surface area (TPSA) is 34.1 Å². The zero-order chi connectivity index (χ0) is 8.48. The number of alkyl halides is 1. The number of sulfone groups is 1. The molecule has 0 aliphatic heterocycles. The molecule has 0 aliphatic rings. The first kappa shape index (κ1) is 9.22. The fraction of sp³-hybridized carbons (Fsp3) is 0.333. The Balaban J connectivity index is 3.24. The van der Waals surface area contributed by atoms with E-state index in [1.807, 2.05) is 6.07 Å². The quantitative estimate of drug-likeness (QED) is 0.758. The van der Waals surface area contributed by atoms with Crippen molar-refractivity contribution in [1.82, 2.24) is 0 Å². The van der Waals surface area contributed by atoms with E-state index in [1.54, 1.807) is 5.38 Å². The Kier molecular flexibility index (Phi) is 2.72. The lowest BCUT2D eigenvalue weighted by Crippen LogP contribution is -1.96. The Labute approximate surface area is 78.3 Å². The van der Waals surface area contributed by atoms with Gasteiger partial charge >= 0.3 is 0 Å². The van der Waals surface area contributed by atoms with Gasteiger partial charge in [-0.05, 0) is 17.0 Å². The first-order chi connectivity index (χ1) is 5.05. The predicted octanol–water partition coefficient (Wildman–Crippen LogP) is 2.05. The summed E-state index contributed by atoms with van der Waals surface area (Å²) < 4.78 is 22.6. The molecule has 0 fully saturated rings. The van der Waals surface area contributed by atoms with Gasteiger partial charge in [-0.3, -0.25) is 0 Å². The summed E-state index contributed by atoms with van der Waals surface area (Å²) >= 11 is 4.49. The van der Waals surface area contributed by atoms with Gasteiger partial charge in [0.2, 0.25) is 0 Å². The molecule has 0 aromatic carbocycles. The summed E-state index contributed by atoms with van der Waals surface area (Å²) in [6.45, 7) is 0. The van der Waals surface area contributed by atoms with Crippen molar-refractivity contribution in [2.24, 2.45) is 0 Å². The molecule has 0 amide bonds. The third kappa shape index (κ3) is 2.04. The van der Waals surface area contributed by atoms with Crippen LogP contribution in [0.2, 0.25) is 0 Å². The molecule has 11 heavy (non-hydrogen) atoms. The van der Waals surface area contributed by atoms with E-state index in [0.29, 0.717) is 9.54 Å². The molecular formula is C6H7BrO2S2. The molecular weight excluding hydrogens is 248 g/mol. The van der Waals surface area contributed by atoms with Crippen LogP contribution in [0.15, 0.2) is 15.7 Å². The van der Waals surface area contributed by atoms with E-state index in [0.717, 1.165) is 5.56 Å². The van der Waals surface area contributed by atoms with Gasteiger partial charge in [0.1, 0.15) is 4.21 Å². The van der Waals surface area contributed by atoms with E-state index < -0.39 is 9.84 Å². The minimum Gasteiger partial charge on any atom is -0.223 e. The number of hydrogen-bond donors (Lipinski definition) is 0. The maximum Gasteiger partial charge on any atom is 0.185 e. The normalized spacial score (nSPS) is 11.8. The molecule has 0 aliphatic carbocycles. The SMILES string of the molecule is CS(=O)(=O)c1sccc1CBr. The van der Waals surface area contributed by atoms with E-state index in [9.17, 15) is 8.42 Å². The van der Waals surface area contributed by atoms with Gasteiger partial charge in [-0.1, -0.05) is 15.9 Å². The zero-order valence-corrected chi connectivity index (χ0v) is 9.09. The van der Waals surface area contributed by atoms with Crippen LogP contribution < -0.4 is 0 Å². The highest BCUT2D eigenvalue weighted by molar-refractivity contribution is 9.08. The molecule has 1 aromatic rings. The molecule has 0 unspecified atom stereocenters. The molecule has 0 saturated carbocycles. The molecule has 0 spiro atoms. The highest BCUT2D eigenvalue weighted by Gasteiger charge is 2.13. The van der Waals surface area contributed by atoms with Crippen LogP contribution in [0.1, 0.15) is 5.56 Å². The molecule has 62 valence electrons. The summed E-state index contributed by atoms with van der Waals surface area (Å²) in [7, 11) is -3.01. The second-order valence-corrected chi connectivity index (χ2v) is 5.83. The van der Waals surface area contributed by atoms with Crippen LogP contribution >= 0.6 is 27.3 Å². The highest BCUT2D eigenvalue weighted by Crippen LogP contribution is 2.24. The second-order valence-electron chi connectivity index (χ2n) is 2.14. The maximum atomic E-state index is 11.1. The molecule has 1 heterocycles. The van der Waals surface area contributed by atoms with Crippen molar-refractivity contribution in [2.75, 3.05) is 6.26 Å². The summed E-state index contributed by atoms with van der Waals surface area (Å²) in [6, 6.07) is 1.82. The third-order valence-corrected chi connectivity index (χ3v) is 4.67. The van der Waals surface area contributed by atoms with Crippen molar-refractivity contribution >= 4 is 37.1 Å². The van der Waals surface area contributed by atoms with Gasteiger partial charge in [-0.15, -0.1) is 11.3 Å². The highest BCUT2D eigenvalue weighted by atomic mass is 79.9. The third-order valence-electron chi connectivity index (χ3n) is 1.19. The van der Waals surface area contributed by atoms with Crippen LogP contribution in [0.3, 0.4) is 0 Å². The maximum absolute atomic E-state index is 11.1. The molecule has 0 atom stereocenters. The minimum atomic E-state index is -3.01. The number of halogens is 1. The largest absolute Gasteiger partial charge is 0.223 e. The van der Waals surface area contributed by atoms with E-state index in [1.165, 1.54) is 17.6 Å². The lowest BCUT2D eigenvalue weighted by atomic mass is 10.4. The first-order valence-electron chi connectivity index (χ1n) is 2.88. The van der Waals surface area contributed by atoms with Gasteiger partial charge < -0.3 is 0 Å². The van der Waals surface area contributed by atoms with Gasteiger partial charge in [0.15, 0.2) is 9.84 Å².